The second-order valence-electron chi connectivity index (χ2n) is 6.04. The summed E-state index contributed by atoms with van der Waals surface area (Å²) in [6.07, 6.45) is 10.3. The molecule has 1 aliphatic rings. The van der Waals surface area contributed by atoms with Crippen molar-refractivity contribution < 1.29 is 0 Å². The molecule has 2 rings (SSSR count). The van der Waals surface area contributed by atoms with Gasteiger partial charge >= 0.3 is 0 Å². The largest absolute Gasteiger partial charge is 0.327 e. The molecule has 1 unspecified atom stereocenters. The number of aromatic nitrogens is 2. The van der Waals surface area contributed by atoms with Crippen LogP contribution in [-0.4, -0.2) is 15.8 Å². The first kappa shape index (κ1) is 14.9. The fraction of sp³-hybridized carbons (Fsp3) is 0.800. The number of aryl methyl sites for hydroxylation is 2. The van der Waals surface area contributed by atoms with Crippen molar-refractivity contribution in [1.29, 1.82) is 0 Å². The lowest BCUT2D eigenvalue weighted by Crippen LogP contribution is -2.26. The zero-order chi connectivity index (χ0) is 13.8. The van der Waals surface area contributed by atoms with Crippen LogP contribution in [0.2, 0.25) is 5.15 Å². The monoisotopic (exact) mass is 283 g/mol. The van der Waals surface area contributed by atoms with Crippen LogP contribution < -0.4 is 5.73 Å². The number of rotatable bonds is 4. The number of nitrogens with zero attached hydrogens (tertiary/aromatic N) is 2. The summed E-state index contributed by atoms with van der Waals surface area (Å²) in [5.74, 6) is 0.813. The third-order valence-electron chi connectivity index (χ3n) is 4.35. The van der Waals surface area contributed by atoms with Gasteiger partial charge in [-0.25, -0.2) is 0 Å². The number of hydrogen-bond donors (Lipinski definition) is 1. The highest BCUT2D eigenvalue weighted by Gasteiger charge is 2.19. The van der Waals surface area contributed by atoms with E-state index in [0.717, 1.165) is 35.2 Å². The van der Waals surface area contributed by atoms with Gasteiger partial charge in [0.15, 0.2) is 0 Å². The van der Waals surface area contributed by atoms with Crippen LogP contribution in [0, 0.1) is 12.8 Å². The highest BCUT2D eigenvalue weighted by molar-refractivity contribution is 6.30. The number of halogens is 1. The lowest BCUT2D eigenvalue weighted by molar-refractivity contribution is 0.387. The van der Waals surface area contributed by atoms with Crippen LogP contribution in [0.4, 0.5) is 0 Å². The number of nitrogens with two attached hydrogens (primary N) is 1. The summed E-state index contributed by atoms with van der Waals surface area (Å²) in [7, 11) is 1.88. The van der Waals surface area contributed by atoms with E-state index in [1.54, 1.807) is 4.68 Å². The molecule has 4 heteroatoms. The Morgan fingerprint density at radius 3 is 2.47 bits per heavy atom. The fourth-order valence-electron chi connectivity index (χ4n) is 3.28. The summed E-state index contributed by atoms with van der Waals surface area (Å²) >= 11 is 6.27. The second kappa shape index (κ2) is 6.76. The van der Waals surface area contributed by atoms with Gasteiger partial charge in [0.2, 0.25) is 0 Å². The molecule has 1 saturated carbocycles. The summed E-state index contributed by atoms with van der Waals surface area (Å²) in [6.45, 7) is 2.01. The summed E-state index contributed by atoms with van der Waals surface area (Å²) in [6, 6.07) is 0.212. The first-order chi connectivity index (χ1) is 9.08. The molecule has 1 heterocycles. The first-order valence-corrected chi connectivity index (χ1v) is 7.89. The van der Waals surface area contributed by atoms with Crippen molar-refractivity contribution in [2.45, 2.75) is 64.3 Å². The van der Waals surface area contributed by atoms with E-state index in [2.05, 4.69) is 5.10 Å². The van der Waals surface area contributed by atoms with Gasteiger partial charge in [0.1, 0.15) is 5.15 Å². The molecule has 1 aromatic heterocycles. The van der Waals surface area contributed by atoms with Crippen molar-refractivity contribution in [2.75, 3.05) is 0 Å². The summed E-state index contributed by atoms with van der Waals surface area (Å²) in [4.78, 5) is 0. The molecule has 2 N–H and O–H groups in total. The smallest absolute Gasteiger partial charge is 0.130 e. The molecular weight excluding hydrogens is 258 g/mol. The van der Waals surface area contributed by atoms with Gasteiger partial charge < -0.3 is 5.73 Å². The second-order valence-corrected chi connectivity index (χ2v) is 6.39. The maximum Gasteiger partial charge on any atom is 0.130 e. The van der Waals surface area contributed by atoms with Crippen LogP contribution in [0.5, 0.6) is 0 Å². The molecule has 0 aromatic carbocycles. The van der Waals surface area contributed by atoms with E-state index in [9.17, 15) is 0 Å². The van der Waals surface area contributed by atoms with E-state index < -0.39 is 0 Å². The van der Waals surface area contributed by atoms with Crippen molar-refractivity contribution in [3.05, 3.63) is 16.4 Å². The van der Waals surface area contributed by atoms with Crippen molar-refractivity contribution in [1.82, 2.24) is 9.78 Å². The van der Waals surface area contributed by atoms with Gasteiger partial charge in [-0.05, 0) is 25.7 Å². The van der Waals surface area contributed by atoms with Gasteiger partial charge in [-0.3, -0.25) is 4.68 Å². The molecule has 0 aliphatic heterocycles. The van der Waals surface area contributed by atoms with Gasteiger partial charge in [-0.2, -0.15) is 5.10 Å². The molecule has 1 aliphatic carbocycles. The molecule has 0 saturated heterocycles. The minimum atomic E-state index is 0.212. The van der Waals surface area contributed by atoms with E-state index in [1.807, 2.05) is 14.0 Å². The fourth-order valence-corrected chi connectivity index (χ4v) is 3.53. The van der Waals surface area contributed by atoms with E-state index >= 15 is 0 Å². The van der Waals surface area contributed by atoms with Crippen LogP contribution in [0.3, 0.4) is 0 Å². The van der Waals surface area contributed by atoms with E-state index in [-0.39, 0.29) is 6.04 Å². The topological polar surface area (TPSA) is 43.8 Å². The van der Waals surface area contributed by atoms with E-state index in [1.165, 1.54) is 38.5 Å². The van der Waals surface area contributed by atoms with Gasteiger partial charge in [0.25, 0.3) is 0 Å². The average Bonchev–Trinajstić information content (AvgIpc) is 2.60. The molecule has 3 nitrogen and oxygen atoms in total. The summed E-state index contributed by atoms with van der Waals surface area (Å²) < 4.78 is 1.74. The SMILES string of the molecule is Cc1nn(C)c(Cl)c1CC(N)CC1CCCCCC1. The van der Waals surface area contributed by atoms with Gasteiger partial charge in [0, 0.05) is 18.7 Å². The van der Waals surface area contributed by atoms with Crippen LogP contribution in [0.25, 0.3) is 0 Å². The Morgan fingerprint density at radius 2 is 1.95 bits per heavy atom. The summed E-state index contributed by atoms with van der Waals surface area (Å²) in [5.41, 5.74) is 8.49. The minimum absolute atomic E-state index is 0.212. The van der Waals surface area contributed by atoms with Crippen LogP contribution in [0.1, 0.15) is 56.2 Å². The number of hydrogen-bond acceptors (Lipinski definition) is 2. The van der Waals surface area contributed by atoms with Crippen molar-refractivity contribution >= 4 is 11.6 Å². The van der Waals surface area contributed by atoms with Crippen LogP contribution in [0.15, 0.2) is 0 Å². The maximum atomic E-state index is 6.34. The molecule has 0 radical (unpaired) electrons. The standard InChI is InChI=1S/C15H26ClN3/c1-11-14(15(16)19(2)18-11)10-13(17)9-12-7-5-3-4-6-8-12/h12-13H,3-10,17H2,1-2H3. The van der Waals surface area contributed by atoms with E-state index in [0.29, 0.717) is 0 Å². The summed E-state index contributed by atoms with van der Waals surface area (Å²) in [5, 5.41) is 5.10. The Labute approximate surface area is 121 Å². The molecular formula is C15H26ClN3. The van der Waals surface area contributed by atoms with Gasteiger partial charge in [-0.1, -0.05) is 50.1 Å². The molecule has 0 amide bonds. The zero-order valence-electron chi connectivity index (χ0n) is 12.2. The highest BCUT2D eigenvalue weighted by Crippen LogP contribution is 2.28. The van der Waals surface area contributed by atoms with Gasteiger partial charge in [-0.15, -0.1) is 0 Å². The predicted molar refractivity (Wildman–Crippen MR) is 80.4 cm³/mol. The Morgan fingerprint density at radius 1 is 1.32 bits per heavy atom. The predicted octanol–water partition coefficient (Wildman–Crippen LogP) is 3.61. The molecule has 108 valence electrons. The zero-order valence-corrected chi connectivity index (χ0v) is 12.9. The minimum Gasteiger partial charge on any atom is -0.327 e. The molecule has 19 heavy (non-hydrogen) atoms. The lowest BCUT2D eigenvalue weighted by Gasteiger charge is -2.19. The molecule has 0 spiro atoms. The molecule has 0 bridgehead atoms. The lowest BCUT2D eigenvalue weighted by atomic mass is 9.90. The quantitative estimate of drug-likeness (QED) is 0.858. The Kier molecular flexibility index (Phi) is 5.28. The Hall–Kier alpha value is -0.540. The third kappa shape index (κ3) is 3.96. The van der Waals surface area contributed by atoms with Crippen molar-refractivity contribution in [3.63, 3.8) is 0 Å². The molecule has 1 atom stereocenters. The maximum absolute atomic E-state index is 6.34. The third-order valence-corrected chi connectivity index (χ3v) is 4.82. The van der Waals surface area contributed by atoms with Crippen LogP contribution in [-0.2, 0) is 13.5 Å². The normalized spacial score (nSPS) is 19.4. The van der Waals surface area contributed by atoms with Crippen LogP contribution >= 0.6 is 11.6 Å². The Balaban J connectivity index is 1.91. The first-order valence-electron chi connectivity index (χ1n) is 7.51. The van der Waals surface area contributed by atoms with Crippen molar-refractivity contribution in [2.24, 2.45) is 18.7 Å². The average molecular weight is 284 g/mol. The highest BCUT2D eigenvalue weighted by atomic mass is 35.5. The molecule has 1 aromatic rings. The Bertz CT molecular complexity index is 406. The van der Waals surface area contributed by atoms with Gasteiger partial charge in [0.05, 0.1) is 5.69 Å². The molecule has 1 fully saturated rings. The van der Waals surface area contributed by atoms with E-state index in [4.69, 9.17) is 17.3 Å². The van der Waals surface area contributed by atoms with Crippen molar-refractivity contribution in [3.8, 4) is 0 Å².